The highest BCUT2D eigenvalue weighted by atomic mass is 35.5. The highest BCUT2D eigenvalue weighted by Gasteiger charge is 2.22. The van der Waals surface area contributed by atoms with E-state index in [0.717, 1.165) is 40.5 Å². The van der Waals surface area contributed by atoms with E-state index < -0.39 is 0 Å². The number of thiocarbonyl (C=S) groups is 1. The second-order valence-corrected chi connectivity index (χ2v) is 7.76. The number of rotatable bonds is 7. The Bertz CT molecular complexity index is 801. The molecule has 0 unspecified atom stereocenters. The summed E-state index contributed by atoms with van der Waals surface area (Å²) in [6.07, 6.45) is 3.25. The molecule has 0 aliphatic rings. The van der Waals surface area contributed by atoms with Gasteiger partial charge in [0.05, 0.1) is 29.6 Å². The first-order valence-electron chi connectivity index (χ1n) is 8.32. The largest absolute Gasteiger partial charge is 0.465 e. The lowest BCUT2D eigenvalue weighted by atomic mass is 10.1. The average molecular weight is 415 g/mol. The van der Waals surface area contributed by atoms with Crippen molar-refractivity contribution in [2.24, 2.45) is 0 Å². The summed E-state index contributed by atoms with van der Waals surface area (Å²) in [4.78, 5) is 13.2. The summed E-state index contributed by atoms with van der Waals surface area (Å²) in [6, 6.07) is 0. The lowest BCUT2D eigenvalue weighted by Gasteiger charge is -2.11. The molecule has 0 atom stereocenters. The SMILES string of the molecule is CCc1c(C)sc(NC(=S)NCCCn2ncc(Cl)c2C)c1C(=O)OC. The Balaban J connectivity index is 1.91. The predicted octanol–water partition coefficient (Wildman–Crippen LogP) is 3.94. The van der Waals surface area contributed by atoms with Crippen molar-refractivity contribution in [1.29, 1.82) is 0 Å². The predicted molar refractivity (Wildman–Crippen MR) is 111 cm³/mol. The summed E-state index contributed by atoms with van der Waals surface area (Å²) in [7, 11) is 1.39. The van der Waals surface area contributed by atoms with Gasteiger partial charge in [-0.25, -0.2) is 4.79 Å². The number of carbonyl (C=O) groups is 1. The van der Waals surface area contributed by atoms with E-state index in [1.165, 1.54) is 18.4 Å². The lowest BCUT2D eigenvalue weighted by Crippen LogP contribution is -2.30. The number of nitrogens with one attached hydrogen (secondary N) is 2. The van der Waals surface area contributed by atoms with Gasteiger partial charge in [-0.2, -0.15) is 5.10 Å². The Labute approximate surface area is 167 Å². The minimum atomic E-state index is -0.345. The third kappa shape index (κ3) is 4.75. The van der Waals surface area contributed by atoms with Crippen molar-refractivity contribution < 1.29 is 9.53 Å². The van der Waals surface area contributed by atoms with Crippen molar-refractivity contribution in [3.63, 3.8) is 0 Å². The number of esters is 1. The minimum Gasteiger partial charge on any atom is -0.465 e. The number of ether oxygens (including phenoxy) is 1. The molecule has 26 heavy (non-hydrogen) atoms. The molecule has 2 aromatic rings. The molecule has 9 heteroatoms. The summed E-state index contributed by atoms with van der Waals surface area (Å²) in [5, 5.41) is 12.4. The van der Waals surface area contributed by atoms with E-state index in [9.17, 15) is 4.79 Å². The highest BCUT2D eigenvalue weighted by molar-refractivity contribution is 7.80. The monoisotopic (exact) mass is 414 g/mol. The lowest BCUT2D eigenvalue weighted by molar-refractivity contribution is 0.0601. The molecule has 0 aliphatic carbocycles. The van der Waals surface area contributed by atoms with E-state index in [4.69, 9.17) is 28.6 Å². The van der Waals surface area contributed by atoms with E-state index in [-0.39, 0.29) is 5.97 Å². The number of anilines is 1. The third-order valence-electron chi connectivity index (χ3n) is 4.05. The molecule has 142 valence electrons. The molecular weight excluding hydrogens is 392 g/mol. The van der Waals surface area contributed by atoms with Crippen LogP contribution in [0, 0.1) is 13.8 Å². The van der Waals surface area contributed by atoms with Crippen LogP contribution >= 0.6 is 35.2 Å². The fourth-order valence-corrected chi connectivity index (χ4v) is 4.19. The van der Waals surface area contributed by atoms with Gasteiger partial charge in [-0.1, -0.05) is 18.5 Å². The molecule has 0 bridgehead atoms. The molecule has 0 fully saturated rings. The summed E-state index contributed by atoms with van der Waals surface area (Å²) in [5.74, 6) is -0.345. The van der Waals surface area contributed by atoms with Gasteiger partial charge in [0.2, 0.25) is 0 Å². The number of thiophene rings is 1. The number of methoxy groups -OCH3 is 1. The standard InChI is InChI=1S/C17H23ClN4O2S2/c1-5-12-11(3)26-15(14(12)16(23)24-4)21-17(25)19-7-6-8-22-10(2)13(18)9-20-22/h9H,5-8H2,1-4H3,(H2,19,21,25). The first-order chi connectivity index (χ1) is 12.4. The van der Waals surface area contributed by atoms with Crippen molar-refractivity contribution in [3.05, 3.63) is 32.9 Å². The van der Waals surface area contributed by atoms with Gasteiger partial charge in [0.25, 0.3) is 0 Å². The number of hydrogen-bond acceptors (Lipinski definition) is 5. The fraction of sp³-hybridized carbons (Fsp3) is 0.471. The van der Waals surface area contributed by atoms with Crippen LogP contribution in [0.15, 0.2) is 6.20 Å². The van der Waals surface area contributed by atoms with Crippen LogP contribution in [-0.4, -0.2) is 34.5 Å². The number of carbonyl (C=O) groups excluding carboxylic acids is 1. The molecule has 0 amide bonds. The molecule has 2 rings (SSSR count). The third-order valence-corrected chi connectivity index (χ3v) is 5.74. The molecule has 0 aliphatic heterocycles. The maximum Gasteiger partial charge on any atom is 0.341 e. The molecule has 0 aromatic carbocycles. The first kappa shape index (κ1) is 20.7. The van der Waals surface area contributed by atoms with E-state index in [0.29, 0.717) is 22.2 Å². The molecule has 2 heterocycles. The van der Waals surface area contributed by atoms with Crippen LogP contribution in [0.1, 0.15) is 39.8 Å². The summed E-state index contributed by atoms with van der Waals surface area (Å²) >= 11 is 12.9. The van der Waals surface area contributed by atoms with Gasteiger partial charge in [0, 0.05) is 18.0 Å². The van der Waals surface area contributed by atoms with Crippen LogP contribution in [0.4, 0.5) is 5.00 Å². The molecule has 0 saturated heterocycles. The number of halogens is 1. The molecule has 2 N–H and O–H groups in total. The van der Waals surface area contributed by atoms with Crippen LogP contribution in [0.5, 0.6) is 0 Å². The van der Waals surface area contributed by atoms with E-state index >= 15 is 0 Å². The summed E-state index contributed by atoms with van der Waals surface area (Å²) in [5.41, 5.74) is 2.53. The zero-order chi connectivity index (χ0) is 19.3. The van der Waals surface area contributed by atoms with Crippen LogP contribution in [0.3, 0.4) is 0 Å². The molecular formula is C17H23ClN4O2S2. The van der Waals surface area contributed by atoms with Crippen molar-refractivity contribution in [2.75, 3.05) is 19.0 Å². The fourth-order valence-electron chi connectivity index (χ4n) is 2.64. The molecule has 0 radical (unpaired) electrons. The Morgan fingerprint density at radius 1 is 1.46 bits per heavy atom. The summed E-state index contributed by atoms with van der Waals surface area (Å²) in [6.45, 7) is 7.38. The second-order valence-electron chi connectivity index (χ2n) is 5.72. The minimum absolute atomic E-state index is 0.345. The van der Waals surface area contributed by atoms with Crippen molar-refractivity contribution in [3.8, 4) is 0 Å². The van der Waals surface area contributed by atoms with Gasteiger partial charge < -0.3 is 15.4 Å². The van der Waals surface area contributed by atoms with Gasteiger partial charge in [0.1, 0.15) is 5.00 Å². The number of hydrogen-bond donors (Lipinski definition) is 2. The molecule has 0 spiro atoms. The van der Waals surface area contributed by atoms with Crippen molar-refractivity contribution in [1.82, 2.24) is 15.1 Å². The summed E-state index contributed by atoms with van der Waals surface area (Å²) < 4.78 is 6.79. The Morgan fingerprint density at radius 3 is 2.77 bits per heavy atom. The zero-order valence-corrected chi connectivity index (χ0v) is 17.7. The topological polar surface area (TPSA) is 68.2 Å². The normalized spacial score (nSPS) is 10.7. The van der Waals surface area contributed by atoms with Crippen LogP contribution < -0.4 is 10.6 Å². The Morgan fingerprint density at radius 2 is 2.19 bits per heavy atom. The van der Waals surface area contributed by atoms with E-state index in [2.05, 4.69) is 15.7 Å². The number of aryl methyl sites for hydroxylation is 2. The molecule has 2 aromatic heterocycles. The van der Waals surface area contributed by atoms with Crippen LogP contribution in [-0.2, 0) is 17.7 Å². The second kappa shape index (κ2) is 9.34. The highest BCUT2D eigenvalue weighted by Crippen LogP contribution is 2.33. The van der Waals surface area contributed by atoms with Crippen molar-refractivity contribution in [2.45, 2.75) is 40.2 Å². The first-order valence-corrected chi connectivity index (χ1v) is 9.92. The molecule has 0 saturated carbocycles. The maximum atomic E-state index is 12.1. The van der Waals surface area contributed by atoms with Gasteiger partial charge in [-0.3, -0.25) is 4.68 Å². The van der Waals surface area contributed by atoms with E-state index in [1.54, 1.807) is 6.20 Å². The van der Waals surface area contributed by atoms with Gasteiger partial charge >= 0.3 is 5.97 Å². The average Bonchev–Trinajstić information content (AvgIpc) is 3.10. The van der Waals surface area contributed by atoms with Gasteiger partial charge in [0.15, 0.2) is 5.11 Å². The van der Waals surface area contributed by atoms with Gasteiger partial charge in [-0.15, -0.1) is 11.3 Å². The van der Waals surface area contributed by atoms with Gasteiger partial charge in [-0.05, 0) is 44.5 Å². The quantitative estimate of drug-likeness (QED) is 0.406. The smallest absolute Gasteiger partial charge is 0.341 e. The Hall–Kier alpha value is -1.64. The van der Waals surface area contributed by atoms with Crippen LogP contribution in [0.2, 0.25) is 5.02 Å². The molecule has 6 nitrogen and oxygen atoms in total. The maximum absolute atomic E-state index is 12.1. The Kier molecular flexibility index (Phi) is 7.43. The van der Waals surface area contributed by atoms with Crippen LogP contribution in [0.25, 0.3) is 0 Å². The van der Waals surface area contributed by atoms with E-state index in [1.807, 2.05) is 25.5 Å². The van der Waals surface area contributed by atoms with Crippen molar-refractivity contribution >= 4 is 51.2 Å². The zero-order valence-electron chi connectivity index (χ0n) is 15.3. The number of aromatic nitrogens is 2. The number of nitrogens with zero attached hydrogens (tertiary/aromatic N) is 2.